The molecule has 2 heteroatoms. The molecule has 0 saturated carbocycles. The van der Waals surface area contributed by atoms with E-state index in [1.807, 2.05) is 18.2 Å². The Morgan fingerprint density at radius 1 is 0.889 bits per heavy atom. The number of hydrogen-bond acceptors (Lipinski definition) is 2. The van der Waals surface area contributed by atoms with Crippen LogP contribution in [0.25, 0.3) is 22.1 Å². The van der Waals surface area contributed by atoms with E-state index in [9.17, 15) is 0 Å². The van der Waals surface area contributed by atoms with Crippen LogP contribution in [0.1, 0.15) is 6.92 Å². The van der Waals surface area contributed by atoms with Gasteiger partial charge in [-0.1, -0.05) is 67.2 Å². The maximum Gasteiger partial charge on any atom is 0.168 e. The molecule has 0 saturated heterocycles. The molecular formula is C16H14OS. The van der Waals surface area contributed by atoms with Gasteiger partial charge in [0.15, 0.2) is 5.09 Å². The van der Waals surface area contributed by atoms with Crippen LogP contribution in [-0.2, 0) is 0 Å². The molecule has 0 atom stereocenters. The zero-order valence-electron chi connectivity index (χ0n) is 10.2. The van der Waals surface area contributed by atoms with Crippen molar-refractivity contribution in [2.75, 3.05) is 5.75 Å². The molecule has 90 valence electrons. The molecule has 3 aromatic rings. The second kappa shape index (κ2) is 4.91. The van der Waals surface area contributed by atoms with Crippen molar-refractivity contribution in [3.63, 3.8) is 0 Å². The van der Waals surface area contributed by atoms with Gasteiger partial charge in [-0.3, -0.25) is 0 Å². The third-order valence-corrected chi connectivity index (χ3v) is 3.75. The summed E-state index contributed by atoms with van der Waals surface area (Å²) in [4.78, 5) is 0. The van der Waals surface area contributed by atoms with Crippen LogP contribution in [0.5, 0.6) is 0 Å². The molecule has 3 rings (SSSR count). The summed E-state index contributed by atoms with van der Waals surface area (Å²) in [5, 5.41) is 3.43. The van der Waals surface area contributed by atoms with E-state index in [1.54, 1.807) is 11.8 Å². The summed E-state index contributed by atoms with van der Waals surface area (Å²) in [5.41, 5.74) is 1.14. The molecule has 0 aliphatic carbocycles. The molecule has 0 spiro atoms. The Morgan fingerprint density at radius 2 is 1.56 bits per heavy atom. The third-order valence-electron chi connectivity index (χ3n) is 2.90. The Kier molecular flexibility index (Phi) is 3.11. The Morgan fingerprint density at radius 3 is 2.28 bits per heavy atom. The molecule has 0 fully saturated rings. The SMILES string of the molecule is CCSc1oc(-c2ccccc2)c2ccccc12. The normalized spacial score (nSPS) is 10.9. The number of rotatable bonds is 3. The van der Waals surface area contributed by atoms with E-state index in [-0.39, 0.29) is 0 Å². The topological polar surface area (TPSA) is 13.1 Å². The lowest BCUT2D eigenvalue weighted by molar-refractivity contribution is 0.495. The van der Waals surface area contributed by atoms with Crippen LogP contribution in [0.3, 0.4) is 0 Å². The molecule has 0 aliphatic rings. The van der Waals surface area contributed by atoms with Crippen molar-refractivity contribution in [3.05, 3.63) is 54.6 Å². The molecule has 1 aromatic heterocycles. The lowest BCUT2D eigenvalue weighted by atomic mass is 10.1. The molecule has 1 nitrogen and oxygen atoms in total. The van der Waals surface area contributed by atoms with Gasteiger partial charge in [-0.15, -0.1) is 0 Å². The van der Waals surface area contributed by atoms with Gasteiger partial charge in [-0.25, -0.2) is 0 Å². The predicted molar refractivity (Wildman–Crippen MR) is 78.0 cm³/mol. The highest BCUT2D eigenvalue weighted by Crippen LogP contribution is 2.38. The molecule has 1 heterocycles. The van der Waals surface area contributed by atoms with Crippen molar-refractivity contribution in [1.29, 1.82) is 0 Å². The summed E-state index contributed by atoms with van der Waals surface area (Å²) in [5.74, 6) is 1.99. The Labute approximate surface area is 111 Å². The van der Waals surface area contributed by atoms with Crippen molar-refractivity contribution >= 4 is 22.5 Å². The quantitative estimate of drug-likeness (QED) is 0.595. The van der Waals surface area contributed by atoms with Crippen molar-refractivity contribution < 1.29 is 4.42 Å². The summed E-state index contributed by atoms with van der Waals surface area (Å²) < 4.78 is 6.05. The van der Waals surface area contributed by atoms with Gasteiger partial charge in [0.2, 0.25) is 0 Å². The summed E-state index contributed by atoms with van der Waals surface area (Å²) in [6.07, 6.45) is 0. The number of benzene rings is 2. The zero-order chi connectivity index (χ0) is 12.4. The van der Waals surface area contributed by atoms with Gasteiger partial charge in [-0.05, 0) is 11.8 Å². The van der Waals surface area contributed by atoms with Crippen LogP contribution in [0, 0.1) is 0 Å². The van der Waals surface area contributed by atoms with Crippen LogP contribution in [0.4, 0.5) is 0 Å². The lowest BCUT2D eigenvalue weighted by Gasteiger charge is -1.96. The Balaban J connectivity index is 2.24. The highest BCUT2D eigenvalue weighted by atomic mass is 32.2. The first-order valence-electron chi connectivity index (χ1n) is 6.10. The number of hydrogen-bond donors (Lipinski definition) is 0. The first-order chi connectivity index (χ1) is 8.90. The standard InChI is InChI=1S/C16H14OS/c1-2-18-16-14-11-7-6-10-13(14)15(17-16)12-8-4-3-5-9-12/h3-11H,2H2,1H3. The first kappa shape index (κ1) is 11.4. The second-order valence-corrected chi connectivity index (χ2v) is 5.30. The number of furan rings is 1. The van der Waals surface area contributed by atoms with Gasteiger partial charge in [0.25, 0.3) is 0 Å². The molecule has 0 bridgehead atoms. The minimum absolute atomic E-state index is 0.974. The third kappa shape index (κ3) is 1.93. The van der Waals surface area contributed by atoms with E-state index in [4.69, 9.17) is 4.42 Å². The molecule has 0 aliphatic heterocycles. The Hall–Kier alpha value is -1.67. The fourth-order valence-corrected chi connectivity index (χ4v) is 2.84. The highest BCUT2D eigenvalue weighted by Gasteiger charge is 2.13. The van der Waals surface area contributed by atoms with E-state index in [1.165, 1.54) is 10.8 Å². The van der Waals surface area contributed by atoms with Crippen molar-refractivity contribution in [3.8, 4) is 11.3 Å². The molecule has 18 heavy (non-hydrogen) atoms. The minimum atomic E-state index is 0.974. The van der Waals surface area contributed by atoms with Gasteiger partial charge in [0.05, 0.1) is 0 Å². The maximum atomic E-state index is 6.05. The minimum Gasteiger partial charge on any atom is -0.449 e. The molecule has 0 amide bonds. The smallest absolute Gasteiger partial charge is 0.168 e. The Bertz CT molecular complexity index is 655. The first-order valence-corrected chi connectivity index (χ1v) is 7.08. The summed E-state index contributed by atoms with van der Waals surface area (Å²) >= 11 is 1.75. The van der Waals surface area contributed by atoms with Crippen LogP contribution in [0.15, 0.2) is 64.1 Å². The molecule has 0 unspecified atom stereocenters. The van der Waals surface area contributed by atoms with E-state index in [0.29, 0.717) is 0 Å². The van der Waals surface area contributed by atoms with Crippen LogP contribution >= 0.6 is 11.8 Å². The van der Waals surface area contributed by atoms with Gasteiger partial charge in [0, 0.05) is 16.3 Å². The van der Waals surface area contributed by atoms with Crippen LogP contribution < -0.4 is 0 Å². The van der Waals surface area contributed by atoms with Gasteiger partial charge in [-0.2, -0.15) is 0 Å². The maximum absolute atomic E-state index is 6.05. The predicted octanol–water partition coefficient (Wildman–Crippen LogP) is 5.21. The highest BCUT2D eigenvalue weighted by molar-refractivity contribution is 7.99. The average molecular weight is 254 g/mol. The molecule has 0 radical (unpaired) electrons. The summed E-state index contributed by atoms with van der Waals surface area (Å²) in [6.45, 7) is 2.14. The lowest BCUT2D eigenvalue weighted by Crippen LogP contribution is -1.73. The monoisotopic (exact) mass is 254 g/mol. The molecule has 0 N–H and O–H groups in total. The van der Waals surface area contributed by atoms with E-state index in [2.05, 4.69) is 43.3 Å². The number of thioether (sulfide) groups is 1. The van der Waals surface area contributed by atoms with Crippen LogP contribution in [-0.4, -0.2) is 5.75 Å². The van der Waals surface area contributed by atoms with E-state index < -0.39 is 0 Å². The van der Waals surface area contributed by atoms with Crippen LogP contribution in [0.2, 0.25) is 0 Å². The van der Waals surface area contributed by atoms with Gasteiger partial charge >= 0.3 is 0 Å². The van der Waals surface area contributed by atoms with Crippen molar-refractivity contribution in [2.24, 2.45) is 0 Å². The fourth-order valence-electron chi connectivity index (χ4n) is 2.10. The van der Waals surface area contributed by atoms with Crippen molar-refractivity contribution in [1.82, 2.24) is 0 Å². The number of fused-ring (bicyclic) bond motifs is 1. The largest absolute Gasteiger partial charge is 0.449 e. The zero-order valence-corrected chi connectivity index (χ0v) is 11.0. The molecular weight excluding hydrogens is 240 g/mol. The van der Waals surface area contributed by atoms with Gasteiger partial charge < -0.3 is 4.42 Å². The van der Waals surface area contributed by atoms with E-state index in [0.717, 1.165) is 22.2 Å². The average Bonchev–Trinajstić information content (AvgIpc) is 2.80. The molecule has 2 aromatic carbocycles. The second-order valence-electron chi connectivity index (χ2n) is 4.06. The fraction of sp³-hybridized carbons (Fsp3) is 0.125. The summed E-state index contributed by atoms with van der Waals surface area (Å²) in [7, 11) is 0. The van der Waals surface area contributed by atoms with Gasteiger partial charge in [0.1, 0.15) is 5.76 Å². The van der Waals surface area contributed by atoms with Crippen molar-refractivity contribution in [2.45, 2.75) is 12.0 Å². The summed E-state index contributed by atoms with van der Waals surface area (Å²) in [6, 6.07) is 18.7. The van der Waals surface area contributed by atoms with E-state index >= 15 is 0 Å².